The normalized spacial score (nSPS) is 15.1. The molecular formula is C18H23ClN4O3. The molecule has 0 radical (unpaired) electrons. The molecule has 7 nitrogen and oxygen atoms in total. The molecule has 3 rings (SSSR count). The lowest BCUT2D eigenvalue weighted by atomic mass is 9.96. The molecule has 1 aromatic carbocycles. The summed E-state index contributed by atoms with van der Waals surface area (Å²) in [4.78, 5) is 18.7. The summed E-state index contributed by atoms with van der Waals surface area (Å²) in [5, 5.41) is 7.40. The molecule has 1 aliphatic heterocycles. The summed E-state index contributed by atoms with van der Waals surface area (Å²) in [5.41, 5.74) is 0.590. The van der Waals surface area contributed by atoms with E-state index in [0.717, 1.165) is 25.1 Å². The lowest BCUT2D eigenvalue weighted by molar-refractivity contribution is 0.192. The molecule has 1 N–H and O–H groups in total. The number of para-hydroxylation sites is 1. The van der Waals surface area contributed by atoms with E-state index in [9.17, 15) is 4.79 Å². The highest BCUT2D eigenvalue weighted by molar-refractivity contribution is 6.32. The van der Waals surface area contributed by atoms with Crippen LogP contribution in [-0.4, -0.2) is 40.8 Å². The summed E-state index contributed by atoms with van der Waals surface area (Å²) >= 11 is 6.21. The summed E-state index contributed by atoms with van der Waals surface area (Å²) in [7, 11) is 0. The van der Waals surface area contributed by atoms with Crippen molar-refractivity contribution in [2.24, 2.45) is 0 Å². The molecule has 0 saturated carbocycles. The van der Waals surface area contributed by atoms with Crippen LogP contribution in [0.1, 0.15) is 43.8 Å². The summed E-state index contributed by atoms with van der Waals surface area (Å²) in [5.74, 6) is 2.04. The third-order valence-electron chi connectivity index (χ3n) is 4.35. The average Bonchev–Trinajstić information content (AvgIpc) is 3.08. The van der Waals surface area contributed by atoms with Crippen molar-refractivity contribution >= 4 is 23.3 Å². The first kappa shape index (κ1) is 18.5. The molecule has 0 atom stereocenters. The van der Waals surface area contributed by atoms with Gasteiger partial charge in [0.25, 0.3) is 0 Å². The van der Waals surface area contributed by atoms with Crippen molar-refractivity contribution < 1.29 is 14.1 Å². The number of nitrogens with one attached hydrogen (secondary N) is 1. The summed E-state index contributed by atoms with van der Waals surface area (Å²) < 4.78 is 10.7. The van der Waals surface area contributed by atoms with Gasteiger partial charge in [0.1, 0.15) is 0 Å². The predicted octanol–water partition coefficient (Wildman–Crippen LogP) is 4.23. The highest BCUT2D eigenvalue weighted by Gasteiger charge is 2.27. The fourth-order valence-corrected chi connectivity index (χ4v) is 3.20. The molecular weight excluding hydrogens is 356 g/mol. The van der Waals surface area contributed by atoms with Crippen molar-refractivity contribution in [3.05, 3.63) is 34.9 Å². The lowest BCUT2D eigenvalue weighted by Crippen LogP contribution is -2.40. The highest BCUT2D eigenvalue weighted by Crippen LogP contribution is 2.33. The van der Waals surface area contributed by atoms with Crippen LogP contribution in [0.5, 0.6) is 5.75 Å². The van der Waals surface area contributed by atoms with Crippen LogP contribution in [0, 0.1) is 6.92 Å². The van der Waals surface area contributed by atoms with Crippen molar-refractivity contribution in [2.45, 2.75) is 39.0 Å². The number of piperidine rings is 1. The third-order valence-corrected chi connectivity index (χ3v) is 4.65. The van der Waals surface area contributed by atoms with Crippen molar-refractivity contribution in [2.75, 3.05) is 25.0 Å². The van der Waals surface area contributed by atoms with Gasteiger partial charge in [0.15, 0.2) is 11.6 Å². The Morgan fingerprint density at radius 1 is 1.42 bits per heavy atom. The Hall–Kier alpha value is -2.28. The quantitative estimate of drug-likeness (QED) is 0.841. The summed E-state index contributed by atoms with van der Waals surface area (Å²) in [6.45, 7) is 5.61. The van der Waals surface area contributed by atoms with Gasteiger partial charge in [-0.1, -0.05) is 29.7 Å². The second-order valence-electron chi connectivity index (χ2n) is 6.33. The molecule has 2 amide bonds. The molecule has 140 valence electrons. The van der Waals surface area contributed by atoms with Gasteiger partial charge < -0.3 is 19.5 Å². The van der Waals surface area contributed by atoms with Gasteiger partial charge in [0, 0.05) is 25.9 Å². The number of amides is 2. The summed E-state index contributed by atoms with van der Waals surface area (Å²) in [6, 6.07) is 5.18. The van der Waals surface area contributed by atoms with E-state index in [1.165, 1.54) is 0 Å². The predicted molar refractivity (Wildman–Crippen MR) is 98.8 cm³/mol. The van der Waals surface area contributed by atoms with Crippen molar-refractivity contribution in [1.29, 1.82) is 0 Å². The van der Waals surface area contributed by atoms with Gasteiger partial charge in [-0.3, -0.25) is 0 Å². The first-order chi connectivity index (χ1) is 12.6. The number of aryl methyl sites for hydroxylation is 1. The van der Waals surface area contributed by atoms with Crippen LogP contribution in [0.2, 0.25) is 5.02 Å². The van der Waals surface area contributed by atoms with Crippen LogP contribution in [0.25, 0.3) is 0 Å². The molecule has 0 aliphatic carbocycles. The molecule has 1 saturated heterocycles. The lowest BCUT2D eigenvalue weighted by Gasteiger charge is -2.30. The number of likely N-dealkylation sites (tertiary alicyclic amines) is 1. The Kier molecular flexibility index (Phi) is 5.98. The fraction of sp³-hybridized carbons (Fsp3) is 0.500. The number of hydrogen-bond acceptors (Lipinski definition) is 5. The van der Waals surface area contributed by atoms with Gasteiger partial charge in [-0.05, 0) is 31.4 Å². The van der Waals surface area contributed by atoms with E-state index in [-0.39, 0.29) is 11.9 Å². The van der Waals surface area contributed by atoms with Crippen LogP contribution >= 0.6 is 11.6 Å². The van der Waals surface area contributed by atoms with Gasteiger partial charge in [-0.2, -0.15) is 4.98 Å². The van der Waals surface area contributed by atoms with Crippen LogP contribution in [0.4, 0.5) is 10.5 Å². The minimum absolute atomic E-state index is 0.156. The first-order valence-corrected chi connectivity index (χ1v) is 9.23. The SMILES string of the molecule is CCCOc1c(Cl)cccc1NC(=O)N1CCC(c2noc(C)n2)CC1. The monoisotopic (exact) mass is 378 g/mol. The number of anilines is 1. The number of aromatic nitrogens is 2. The number of nitrogens with zero attached hydrogens (tertiary/aromatic N) is 3. The molecule has 2 aromatic rings. The summed E-state index contributed by atoms with van der Waals surface area (Å²) in [6.07, 6.45) is 2.48. The number of hydrogen-bond donors (Lipinski definition) is 1. The Balaban J connectivity index is 1.60. The standard InChI is InChI=1S/C18H23ClN4O3/c1-3-11-25-16-14(19)5-4-6-15(16)21-18(24)23-9-7-13(8-10-23)17-20-12(2)26-22-17/h4-6,13H,3,7-11H2,1-2H3,(H,21,24). The van der Waals surface area contributed by atoms with E-state index in [4.69, 9.17) is 20.9 Å². The van der Waals surface area contributed by atoms with Crippen LogP contribution in [-0.2, 0) is 0 Å². The van der Waals surface area contributed by atoms with Crippen LogP contribution < -0.4 is 10.1 Å². The molecule has 0 spiro atoms. The number of ether oxygens (including phenoxy) is 1. The molecule has 2 heterocycles. The first-order valence-electron chi connectivity index (χ1n) is 8.86. The number of carbonyl (C=O) groups is 1. The average molecular weight is 379 g/mol. The Morgan fingerprint density at radius 2 is 2.19 bits per heavy atom. The maximum Gasteiger partial charge on any atom is 0.321 e. The van der Waals surface area contributed by atoms with Gasteiger partial charge >= 0.3 is 6.03 Å². The van der Waals surface area contributed by atoms with Gasteiger partial charge in [0.05, 0.1) is 17.3 Å². The number of halogens is 1. The van der Waals surface area contributed by atoms with Crippen molar-refractivity contribution in [1.82, 2.24) is 15.0 Å². The molecule has 0 bridgehead atoms. The molecule has 1 aliphatic rings. The molecule has 1 aromatic heterocycles. The Morgan fingerprint density at radius 3 is 2.85 bits per heavy atom. The molecule has 26 heavy (non-hydrogen) atoms. The number of rotatable bonds is 5. The van der Waals surface area contributed by atoms with E-state index < -0.39 is 0 Å². The second kappa shape index (κ2) is 8.40. The highest BCUT2D eigenvalue weighted by atomic mass is 35.5. The van der Waals surface area contributed by atoms with Gasteiger partial charge in [0.2, 0.25) is 5.89 Å². The molecule has 0 unspecified atom stereocenters. The zero-order valence-electron chi connectivity index (χ0n) is 15.0. The molecule has 1 fully saturated rings. The maximum absolute atomic E-state index is 12.6. The van der Waals surface area contributed by atoms with Crippen molar-refractivity contribution in [3.63, 3.8) is 0 Å². The number of benzene rings is 1. The third kappa shape index (κ3) is 4.27. The van der Waals surface area contributed by atoms with E-state index in [1.807, 2.05) is 6.92 Å². The second-order valence-corrected chi connectivity index (χ2v) is 6.74. The topological polar surface area (TPSA) is 80.5 Å². The van der Waals surface area contributed by atoms with Crippen LogP contribution in [0.15, 0.2) is 22.7 Å². The van der Waals surface area contributed by atoms with E-state index in [0.29, 0.717) is 42.0 Å². The van der Waals surface area contributed by atoms with Crippen LogP contribution in [0.3, 0.4) is 0 Å². The van der Waals surface area contributed by atoms with Gasteiger partial charge in [-0.15, -0.1) is 0 Å². The van der Waals surface area contributed by atoms with E-state index in [2.05, 4.69) is 15.5 Å². The Labute approximate surface area is 157 Å². The minimum Gasteiger partial charge on any atom is -0.490 e. The maximum atomic E-state index is 12.6. The Bertz CT molecular complexity index is 757. The number of carbonyl (C=O) groups excluding carboxylic acids is 1. The number of urea groups is 1. The largest absolute Gasteiger partial charge is 0.490 e. The van der Waals surface area contributed by atoms with Gasteiger partial charge in [-0.25, -0.2) is 4.79 Å². The molecule has 8 heteroatoms. The zero-order chi connectivity index (χ0) is 18.5. The zero-order valence-corrected chi connectivity index (χ0v) is 15.8. The minimum atomic E-state index is -0.156. The smallest absolute Gasteiger partial charge is 0.321 e. The van der Waals surface area contributed by atoms with Crippen molar-refractivity contribution in [3.8, 4) is 5.75 Å². The van der Waals surface area contributed by atoms with E-state index in [1.54, 1.807) is 30.0 Å². The fourth-order valence-electron chi connectivity index (χ4n) is 2.97. The van der Waals surface area contributed by atoms with E-state index >= 15 is 0 Å².